The SMILES string of the molecule is CCOC(=O)/C=C/C(=O)N(C)c1ccccc1. The van der Waals surface area contributed by atoms with Crippen LogP contribution in [0, 0.1) is 0 Å². The standard InChI is InChI=1S/C13H15NO3/c1-3-17-13(16)10-9-12(15)14(2)11-7-5-4-6-8-11/h4-10H,3H2,1-2H3/b10-9+. The van der Waals surface area contributed by atoms with Gasteiger partial charge in [-0.1, -0.05) is 18.2 Å². The van der Waals surface area contributed by atoms with Crippen molar-refractivity contribution < 1.29 is 14.3 Å². The molecule has 0 saturated heterocycles. The lowest BCUT2D eigenvalue weighted by Crippen LogP contribution is -2.24. The van der Waals surface area contributed by atoms with E-state index in [9.17, 15) is 9.59 Å². The number of carbonyl (C=O) groups is 2. The number of amides is 1. The molecule has 0 aromatic heterocycles. The summed E-state index contributed by atoms with van der Waals surface area (Å²) in [5, 5.41) is 0. The van der Waals surface area contributed by atoms with E-state index in [4.69, 9.17) is 0 Å². The van der Waals surface area contributed by atoms with Crippen molar-refractivity contribution in [3.8, 4) is 0 Å². The number of rotatable bonds is 4. The molecule has 0 unspecified atom stereocenters. The van der Waals surface area contributed by atoms with Crippen molar-refractivity contribution in [1.29, 1.82) is 0 Å². The number of ether oxygens (including phenoxy) is 1. The van der Waals surface area contributed by atoms with Crippen LogP contribution in [0.2, 0.25) is 0 Å². The maximum atomic E-state index is 11.7. The highest BCUT2D eigenvalue weighted by Crippen LogP contribution is 2.11. The third-order valence-corrected chi connectivity index (χ3v) is 2.12. The molecule has 0 aliphatic heterocycles. The van der Waals surface area contributed by atoms with Crippen LogP contribution in [-0.2, 0) is 14.3 Å². The highest BCUT2D eigenvalue weighted by Gasteiger charge is 2.07. The molecule has 0 N–H and O–H groups in total. The summed E-state index contributed by atoms with van der Waals surface area (Å²) in [6.07, 6.45) is 2.33. The van der Waals surface area contributed by atoms with Crippen LogP contribution in [0.1, 0.15) is 6.92 Å². The summed E-state index contributed by atoms with van der Waals surface area (Å²) in [5.74, 6) is -0.786. The van der Waals surface area contributed by atoms with Gasteiger partial charge >= 0.3 is 5.97 Å². The number of anilines is 1. The average molecular weight is 233 g/mol. The molecule has 90 valence electrons. The van der Waals surface area contributed by atoms with E-state index in [2.05, 4.69) is 4.74 Å². The molecule has 17 heavy (non-hydrogen) atoms. The number of hydrogen-bond donors (Lipinski definition) is 0. The lowest BCUT2D eigenvalue weighted by molar-refractivity contribution is -0.137. The third kappa shape index (κ3) is 4.10. The van der Waals surface area contributed by atoms with Crippen LogP contribution in [-0.4, -0.2) is 25.5 Å². The lowest BCUT2D eigenvalue weighted by Gasteiger charge is -2.14. The van der Waals surface area contributed by atoms with Gasteiger partial charge in [0.1, 0.15) is 0 Å². The third-order valence-electron chi connectivity index (χ3n) is 2.12. The van der Waals surface area contributed by atoms with E-state index in [1.807, 2.05) is 30.3 Å². The van der Waals surface area contributed by atoms with Gasteiger partial charge < -0.3 is 9.64 Å². The molecule has 0 aliphatic carbocycles. The van der Waals surface area contributed by atoms with Gasteiger partial charge in [0.05, 0.1) is 6.61 Å². The number of likely N-dealkylation sites (N-methyl/N-ethyl adjacent to an activating group) is 1. The van der Waals surface area contributed by atoms with Crippen LogP contribution in [0.25, 0.3) is 0 Å². The van der Waals surface area contributed by atoms with E-state index >= 15 is 0 Å². The van der Waals surface area contributed by atoms with Crippen molar-refractivity contribution in [3.63, 3.8) is 0 Å². The fourth-order valence-electron chi connectivity index (χ4n) is 1.22. The topological polar surface area (TPSA) is 46.6 Å². The Morgan fingerprint density at radius 3 is 2.47 bits per heavy atom. The van der Waals surface area contributed by atoms with Crippen molar-refractivity contribution in [1.82, 2.24) is 0 Å². The van der Waals surface area contributed by atoms with Gasteiger partial charge in [-0.05, 0) is 19.1 Å². The van der Waals surface area contributed by atoms with Crippen molar-refractivity contribution >= 4 is 17.6 Å². The van der Waals surface area contributed by atoms with Gasteiger partial charge in [0.25, 0.3) is 5.91 Å². The first kappa shape index (κ1) is 13.0. The van der Waals surface area contributed by atoms with Gasteiger partial charge in [-0.3, -0.25) is 4.79 Å². The fraction of sp³-hybridized carbons (Fsp3) is 0.231. The van der Waals surface area contributed by atoms with Crippen LogP contribution in [0.5, 0.6) is 0 Å². The Labute approximate surface area is 100 Å². The van der Waals surface area contributed by atoms with Crippen LogP contribution >= 0.6 is 0 Å². The number of para-hydroxylation sites is 1. The predicted molar refractivity (Wildman–Crippen MR) is 65.6 cm³/mol. The van der Waals surface area contributed by atoms with E-state index in [-0.39, 0.29) is 5.91 Å². The monoisotopic (exact) mass is 233 g/mol. The van der Waals surface area contributed by atoms with E-state index in [0.29, 0.717) is 6.61 Å². The van der Waals surface area contributed by atoms with Gasteiger partial charge in [0.15, 0.2) is 0 Å². The average Bonchev–Trinajstić information content (AvgIpc) is 2.36. The normalized spacial score (nSPS) is 10.2. The van der Waals surface area contributed by atoms with Gasteiger partial charge in [-0.25, -0.2) is 4.79 Å². The summed E-state index contributed by atoms with van der Waals surface area (Å²) in [6.45, 7) is 2.01. The Kier molecular flexibility index (Phi) is 4.94. The Morgan fingerprint density at radius 2 is 1.88 bits per heavy atom. The smallest absolute Gasteiger partial charge is 0.330 e. The number of esters is 1. The van der Waals surface area contributed by atoms with Crippen LogP contribution in [0.15, 0.2) is 42.5 Å². The number of carbonyl (C=O) groups excluding carboxylic acids is 2. The quantitative estimate of drug-likeness (QED) is 0.588. The first-order valence-electron chi connectivity index (χ1n) is 5.32. The second-order valence-corrected chi connectivity index (χ2v) is 3.32. The predicted octanol–water partition coefficient (Wildman–Crippen LogP) is 1.77. The highest BCUT2D eigenvalue weighted by molar-refractivity contribution is 6.03. The van der Waals surface area contributed by atoms with Crippen molar-refractivity contribution in [2.24, 2.45) is 0 Å². The van der Waals surface area contributed by atoms with E-state index in [0.717, 1.165) is 11.8 Å². The van der Waals surface area contributed by atoms with Gasteiger partial charge in [-0.15, -0.1) is 0 Å². The Bertz CT molecular complexity index is 412. The molecule has 0 heterocycles. The zero-order valence-corrected chi connectivity index (χ0v) is 9.92. The molecule has 0 atom stereocenters. The lowest BCUT2D eigenvalue weighted by atomic mass is 10.3. The van der Waals surface area contributed by atoms with Crippen molar-refractivity contribution in [3.05, 3.63) is 42.5 Å². The van der Waals surface area contributed by atoms with E-state index in [1.165, 1.54) is 11.0 Å². The molecule has 4 nitrogen and oxygen atoms in total. The zero-order valence-electron chi connectivity index (χ0n) is 9.92. The van der Waals surface area contributed by atoms with Crippen molar-refractivity contribution in [2.45, 2.75) is 6.92 Å². The summed E-state index contributed by atoms with van der Waals surface area (Å²) in [5.41, 5.74) is 0.769. The largest absolute Gasteiger partial charge is 0.463 e. The molecular formula is C13H15NO3. The Hall–Kier alpha value is -2.10. The second kappa shape index (κ2) is 6.48. The molecule has 0 saturated carbocycles. The Balaban J connectivity index is 2.62. The first-order chi connectivity index (χ1) is 8.15. The number of benzene rings is 1. The molecule has 1 amide bonds. The fourth-order valence-corrected chi connectivity index (χ4v) is 1.22. The summed E-state index contributed by atoms with van der Waals surface area (Å²) >= 11 is 0. The summed E-state index contributed by atoms with van der Waals surface area (Å²) < 4.78 is 4.68. The molecule has 4 heteroatoms. The molecule has 0 bridgehead atoms. The molecular weight excluding hydrogens is 218 g/mol. The minimum atomic E-state index is -0.512. The molecule has 1 rings (SSSR count). The highest BCUT2D eigenvalue weighted by atomic mass is 16.5. The summed E-state index contributed by atoms with van der Waals surface area (Å²) in [6, 6.07) is 9.19. The second-order valence-electron chi connectivity index (χ2n) is 3.32. The minimum absolute atomic E-state index is 0.274. The van der Waals surface area contributed by atoms with Gasteiger partial charge in [0.2, 0.25) is 0 Å². The van der Waals surface area contributed by atoms with E-state index in [1.54, 1.807) is 14.0 Å². The minimum Gasteiger partial charge on any atom is -0.463 e. The van der Waals surface area contributed by atoms with Gasteiger partial charge in [0, 0.05) is 24.9 Å². The molecule has 0 aliphatic rings. The molecule has 1 aromatic carbocycles. The summed E-state index contributed by atoms with van der Waals surface area (Å²) in [7, 11) is 1.65. The van der Waals surface area contributed by atoms with Gasteiger partial charge in [-0.2, -0.15) is 0 Å². The molecule has 1 aromatic rings. The molecule has 0 fully saturated rings. The zero-order chi connectivity index (χ0) is 12.7. The molecule has 0 radical (unpaired) electrons. The number of hydrogen-bond acceptors (Lipinski definition) is 3. The maximum absolute atomic E-state index is 11.7. The van der Waals surface area contributed by atoms with Crippen LogP contribution in [0.3, 0.4) is 0 Å². The molecule has 0 spiro atoms. The maximum Gasteiger partial charge on any atom is 0.330 e. The first-order valence-corrected chi connectivity index (χ1v) is 5.32. The number of nitrogens with zero attached hydrogens (tertiary/aromatic N) is 1. The van der Waals surface area contributed by atoms with E-state index < -0.39 is 5.97 Å². The van der Waals surface area contributed by atoms with Crippen LogP contribution < -0.4 is 4.90 Å². The summed E-state index contributed by atoms with van der Waals surface area (Å²) in [4.78, 5) is 24.2. The van der Waals surface area contributed by atoms with Crippen LogP contribution in [0.4, 0.5) is 5.69 Å². The Morgan fingerprint density at radius 1 is 1.24 bits per heavy atom. The van der Waals surface area contributed by atoms with Crippen molar-refractivity contribution in [2.75, 3.05) is 18.6 Å².